The molecule has 1 rings (SSSR count). The molecule has 0 N–H and O–H groups in total. The van der Waals surface area contributed by atoms with Gasteiger partial charge in [0.25, 0.3) is 0 Å². The molecule has 0 saturated heterocycles. The fraction of sp³-hybridized carbons (Fsp3) is 0.429. The first-order valence-electron chi connectivity index (χ1n) is 6.45. The Morgan fingerprint density at radius 1 is 1.57 bits per heavy atom. The van der Waals surface area contributed by atoms with Crippen LogP contribution in [0.1, 0.15) is 33.4 Å². The smallest absolute Gasteiger partial charge is 0.349 e. The van der Waals surface area contributed by atoms with Crippen molar-refractivity contribution in [1.82, 2.24) is 4.98 Å². The summed E-state index contributed by atoms with van der Waals surface area (Å²) in [7, 11) is 0. The fourth-order valence-electron chi connectivity index (χ4n) is 1.52. The largest absolute Gasteiger partial charge is 0.459 e. The second kappa shape index (κ2) is 7.55. The van der Waals surface area contributed by atoms with Crippen molar-refractivity contribution in [1.29, 1.82) is 5.26 Å². The Labute approximate surface area is 127 Å². The van der Waals surface area contributed by atoms with Crippen LogP contribution in [0, 0.1) is 11.3 Å². The van der Waals surface area contributed by atoms with Crippen LogP contribution in [0.25, 0.3) is 6.08 Å². The molecule has 0 fully saturated rings. The highest BCUT2D eigenvalue weighted by molar-refractivity contribution is 7.14. The number of esters is 1. The van der Waals surface area contributed by atoms with Gasteiger partial charge < -0.3 is 4.74 Å². The Balaban J connectivity index is 2.99. The third-order valence-electron chi connectivity index (χ3n) is 2.41. The number of hydrogen-bond acceptors (Lipinski definition) is 6. The standard InChI is InChI=1S/C14H17N3O3S/c1-5-17(10(4)18)14-16-12(8-21-14)6-11(7-15)13(19)20-9(2)3/h6,8-9H,5H2,1-4H3/b11-6+. The number of hydrogen-bond donors (Lipinski definition) is 0. The highest BCUT2D eigenvalue weighted by Crippen LogP contribution is 2.22. The van der Waals surface area contributed by atoms with E-state index >= 15 is 0 Å². The molecule has 1 aromatic heterocycles. The van der Waals surface area contributed by atoms with Crippen molar-refractivity contribution in [2.45, 2.75) is 33.8 Å². The summed E-state index contributed by atoms with van der Waals surface area (Å²) in [6.45, 7) is 7.23. The lowest BCUT2D eigenvalue weighted by Gasteiger charge is -2.14. The normalized spacial score (nSPS) is 11.1. The summed E-state index contributed by atoms with van der Waals surface area (Å²) in [5.41, 5.74) is 0.332. The molecule has 1 aromatic rings. The molecule has 112 valence electrons. The van der Waals surface area contributed by atoms with Crippen molar-refractivity contribution >= 4 is 34.4 Å². The van der Waals surface area contributed by atoms with Crippen LogP contribution in [0.5, 0.6) is 0 Å². The molecule has 0 bridgehead atoms. The number of thiazole rings is 1. The number of rotatable bonds is 5. The van der Waals surface area contributed by atoms with Gasteiger partial charge >= 0.3 is 5.97 Å². The molecular weight excluding hydrogens is 290 g/mol. The van der Waals surface area contributed by atoms with E-state index in [4.69, 9.17) is 10.00 Å². The average Bonchev–Trinajstić information content (AvgIpc) is 2.83. The molecule has 0 aromatic carbocycles. The van der Waals surface area contributed by atoms with Crippen LogP contribution in [0.15, 0.2) is 11.0 Å². The lowest BCUT2D eigenvalue weighted by atomic mass is 10.2. The minimum atomic E-state index is -0.680. The number of ether oxygens (including phenoxy) is 1. The Kier molecular flexibility index (Phi) is 6.06. The number of carbonyl (C=O) groups is 2. The Morgan fingerprint density at radius 2 is 2.24 bits per heavy atom. The first kappa shape index (κ1) is 16.9. The molecule has 0 spiro atoms. The van der Waals surface area contributed by atoms with E-state index in [1.165, 1.54) is 29.2 Å². The second-order valence-corrected chi connectivity index (χ2v) is 5.28. The van der Waals surface area contributed by atoms with Gasteiger partial charge in [-0.3, -0.25) is 9.69 Å². The van der Waals surface area contributed by atoms with E-state index in [1.54, 1.807) is 25.3 Å². The van der Waals surface area contributed by atoms with Crippen LogP contribution in [0.3, 0.4) is 0 Å². The minimum Gasteiger partial charge on any atom is -0.459 e. The lowest BCUT2D eigenvalue weighted by molar-refractivity contribution is -0.142. The van der Waals surface area contributed by atoms with Gasteiger partial charge in [0.2, 0.25) is 5.91 Å². The summed E-state index contributed by atoms with van der Waals surface area (Å²) in [6, 6.07) is 1.80. The van der Waals surface area contributed by atoms with E-state index in [0.717, 1.165) is 0 Å². The predicted octanol–water partition coefficient (Wildman–Crippen LogP) is 2.37. The summed E-state index contributed by atoms with van der Waals surface area (Å²) < 4.78 is 4.97. The topological polar surface area (TPSA) is 83.3 Å². The molecule has 0 radical (unpaired) electrons. The van der Waals surface area contributed by atoms with Crippen LogP contribution >= 0.6 is 11.3 Å². The molecule has 0 aliphatic rings. The first-order chi connectivity index (χ1) is 9.88. The van der Waals surface area contributed by atoms with Crippen LogP contribution in [0.2, 0.25) is 0 Å². The second-order valence-electron chi connectivity index (χ2n) is 4.44. The first-order valence-corrected chi connectivity index (χ1v) is 7.33. The third kappa shape index (κ3) is 4.68. The van der Waals surface area contributed by atoms with Crippen LogP contribution < -0.4 is 4.90 Å². The number of amides is 1. The summed E-state index contributed by atoms with van der Waals surface area (Å²) in [5.74, 6) is -0.789. The van der Waals surface area contributed by atoms with Gasteiger partial charge in [-0.05, 0) is 26.8 Å². The van der Waals surface area contributed by atoms with E-state index < -0.39 is 5.97 Å². The van der Waals surface area contributed by atoms with Gasteiger partial charge in [-0.2, -0.15) is 5.26 Å². The maximum Gasteiger partial charge on any atom is 0.349 e. The van der Waals surface area contributed by atoms with E-state index in [1.807, 2.05) is 6.92 Å². The number of anilines is 1. The number of nitriles is 1. The van der Waals surface area contributed by atoms with Gasteiger partial charge in [0, 0.05) is 18.8 Å². The molecule has 0 aliphatic carbocycles. The summed E-state index contributed by atoms with van der Waals surface area (Å²) >= 11 is 1.28. The van der Waals surface area contributed by atoms with Gasteiger partial charge in [0.05, 0.1) is 11.8 Å². The highest BCUT2D eigenvalue weighted by Gasteiger charge is 2.16. The minimum absolute atomic E-state index is 0.109. The fourth-order valence-corrected chi connectivity index (χ4v) is 2.41. The number of nitrogens with zero attached hydrogens (tertiary/aromatic N) is 3. The molecule has 1 amide bonds. The van der Waals surface area contributed by atoms with E-state index in [-0.39, 0.29) is 17.6 Å². The zero-order chi connectivity index (χ0) is 16.0. The maximum atomic E-state index is 11.7. The zero-order valence-corrected chi connectivity index (χ0v) is 13.2. The molecule has 1 heterocycles. The third-order valence-corrected chi connectivity index (χ3v) is 3.29. The van der Waals surface area contributed by atoms with Crippen molar-refractivity contribution in [3.63, 3.8) is 0 Å². The summed E-state index contributed by atoms with van der Waals surface area (Å²) in [4.78, 5) is 28.9. The molecule has 7 heteroatoms. The van der Waals surface area contributed by atoms with Gasteiger partial charge in [-0.1, -0.05) is 0 Å². The van der Waals surface area contributed by atoms with Crippen LogP contribution in [-0.4, -0.2) is 29.5 Å². The van der Waals surface area contributed by atoms with Crippen molar-refractivity contribution in [2.24, 2.45) is 0 Å². The summed E-state index contributed by atoms with van der Waals surface area (Å²) in [6.07, 6.45) is 1.06. The van der Waals surface area contributed by atoms with Gasteiger partial charge in [-0.25, -0.2) is 9.78 Å². The van der Waals surface area contributed by atoms with Gasteiger partial charge in [0.1, 0.15) is 11.6 Å². The number of aromatic nitrogens is 1. The van der Waals surface area contributed by atoms with Gasteiger partial charge in [0.15, 0.2) is 5.13 Å². The monoisotopic (exact) mass is 307 g/mol. The maximum absolute atomic E-state index is 11.7. The zero-order valence-electron chi connectivity index (χ0n) is 12.4. The SMILES string of the molecule is CCN(C(C)=O)c1nc(/C=C(\C#N)C(=O)OC(C)C)cs1. The Morgan fingerprint density at radius 3 is 2.71 bits per heavy atom. The Hall–Kier alpha value is -2.20. The summed E-state index contributed by atoms with van der Waals surface area (Å²) in [5, 5.41) is 11.2. The quantitative estimate of drug-likeness (QED) is 0.474. The highest BCUT2D eigenvalue weighted by atomic mass is 32.1. The number of carbonyl (C=O) groups excluding carboxylic acids is 2. The lowest BCUT2D eigenvalue weighted by Crippen LogP contribution is -2.27. The van der Waals surface area contributed by atoms with Crippen molar-refractivity contribution in [3.05, 3.63) is 16.6 Å². The molecule has 0 saturated carbocycles. The average molecular weight is 307 g/mol. The van der Waals surface area contributed by atoms with Crippen molar-refractivity contribution < 1.29 is 14.3 Å². The Bertz CT molecular complexity index is 599. The molecule has 0 unspecified atom stereocenters. The predicted molar refractivity (Wildman–Crippen MR) is 80.6 cm³/mol. The van der Waals surface area contributed by atoms with Crippen molar-refractivity contribution in [3.8, 4) is 6.07 Å². The molecule has 6 nitrogen and oxygen atoms in total. The molecular formula is C14H17N3O3S. The molecule has 0 aliphatic heterocycles. The van der Waals surface area contributed by atoms with Crippen molar-refractivity contribution in [2.75, 3.05) is 11.4 Å². The molecule has 21 heavy (non-hydrogen) atoms. The van der Waals surface area contributed by atoms with E-state index in [9.17, 15) is 9.59 Å². The van der Waals surface area contributed by atoms with Crippen LogP contribution in [0.4, 0.5) is 5.13 Å². The van der Waals surface area contributed by atoms with Gasteiger partial charge in [-0.15, -0.1) is 11.3 Å². The van der Waals surface area contributed by atoms with E-state index in [2.05, 4.69) is 4.98 Å². The van der Waals surface area contributed by atoms with Crippen LogP contribution in [-0.2, 0) is 14.3 Å². The van der Waals surface area contributed by atoms with E-state index in [0.29, 0.717) is 17.4 Å². The molecule has 0 atom stereocenters.